The zero-order chi connectivity index (χ0) is 8.13. The lowest BCUT2D eigenvalue weighted by Gasteiger charge is -2.12. The summed E-state index contributed by atoms with van der Waals surface area (Å²) in [7, 11) is 0. The number of nitrogens with zero attached hydrogens (tertiary/aromatic N) is 2. The highest BCUT2D eigenvalue weighted by Gasteiger charge is 2.38. The maximum absolute atomic E-state index is 11.6. The molecule has 0 saturated carbocycles. The lowest BCUT2D eigenvalue weighted by Crippen LogP contribution is -2.24. The van der Waals surface area contributed by atoms with E-state index in [0.29, 0.717) is 6.04 Å². The van der Waals surface area contributed by atoms with Crippen LogP contribution in [0.25, 0.3) is 0 Å². The van der Waals surface area contributed by atoms with Crippen LogP contribution in [0.2, 0.25) is 0 Å². The smallest absolute Gasteiger partial charge is 0.316 e. The van der Waals surface area contributed by atoms with Gasteiger partial charge in [0.15, 0.2) is 0 Å². The van der Waals surface area contributed by atoms with Crippen molar-refractivity contribution in [2.24, 2.45) is 0 Å². The molecule has 0 radical (unpaired) electrons. The molecule has 1 atom stereocenters. The second-order valence-corrected chi connectivity index (χ2v) is 3.44. The fraction of sp³-hybridized carbons (Fsp3) is 0.444. The topological polar surface area (TPSA) is 25.2 Å². The SMILES string of the molecule is O=C1N2CCCC2c2cccn21. The van der Waals surface area contributed by atoms with Crippen LogP contribution in [0.15, 0.2) is 18.3 Å². The third-order valence-corrected chi connectivity index (χ3v) is 2.83. The number of carbonyl (C=O) groups excluding carboxylic acids is 1. The van der Waals surface area contributed by atoms with Crippen molar-refractivity contribution in [2.45, 2.75) is 18.9 Å². The molecule has 1 aromatic rings. The van der Waals surface area contributed by atoms with Crippen LogP contribution in [-0.4, -0.2) is 22.0 Å². The van der Waals surface area contributed by atoms with Gasteiger partial charge in [0.25, 0.3) is 0 Å². The van der Waals surface area contributed by atoms with Crippen molar-refractivity contribution < 1.29 is 4.79 Å². The summed E-state index contributed by atoms with van der Waals surface area (Å²) in [5, 5.41) is 0. The Balaban J connectivity index is 2.17. The lowest BCUT2D eigenvalue weighted by molar-refractivity contribution is 0.209. The number of amides is 1. The Morgan fingerprint density at radius 3 is 3.33 bits per heavy atom. The number of rotatable bonds is 0. The normalized spacial score (nSPS) is 26.2. The van der Waals surface area contributed by atoms with Crippen LogP contribution >= 0.6 is 0 Å². The van der Waals surface area contributed by atoms with Gasteiger partial charge >= 0.3 is 6.03 Å². The third-order valence-electron chi connectivity index (χ3n) is 2.83. The van der Waals surface area contributed by atoms with E-state index in [2.05, 4.69) is 0 Å². The van der Waals surface area contributed by atoms with Gasteiger partial charge in [0, 0.05) is 18.4 Å². The summed E-state index contributed by atoms with van der Waals surface area (Å²) < 4.78 is 1.77. The third kappa shape index (κ3) is 0.556. The second-order valence-electron chi connectivity index (χ2n) is 3.44. The van der Waals surface area contributed by atoms with Crippen molar-refractivity contribution >= 4 is 6.03 Å². The van der Waals surface area contributed by atoms with Crippen LogP contribution in [0.1, 0.15) is 24.6 Å². The predicted octanol–water partition coefficient (Wildman–Crippen LogP) is 1.61. The van der Waals surface area contributed by atoms with E-state index >= 15 is 0 Å². The van der Waals surface area contributed by atoms with Crippen LogP contribution in [0, 0.1) is 0 Å². The Labute approximate surface area is 70.6 Å². The summed E-state index contributed by atoms with van der Waals surface area (Å²) in [6.45, 7) is 0.936. The minimum Gasteiger partial charge on any atom is -0.316 e. The number of carbonyl (C=O) groups is 1. The Bertz CT molecular complexity index is 342. The maximum Gasteiger partial charge on any atom is 0.328 e. The van der Waals surface area contributed by atoms with Gasteiger partial charge in [-0.2, -0.15) is 0 Å². The zero-order valence-electron chi connectivity index (χ0n) is 6.73. The summed E-state index contributed by atoms with van der Waals surface area (Å²) in [6.07, 6.45) is 4.15. The molecular formula is C9H10N2O. The highest BCUT2D eigenvalue weighted by atomic mass is 16.2. The number of fused-ring (bicyclic) bond motifs is 3. The minimum atomic E-state index is 0.164. The van der Waals surface area contributed by atoms with E-state index in [-0.39, 0.29) is 6.03 Å². The van der Waals surface area contributed by atoms with E-state index in [4.69, 9.17) is 0 Å². The first kappa shape index (κ1) is 6.29. The molecule has 2 aliphatic heterocycles. The monoisotopic (exact) mass is 162 g/mol. The number of hydrogen-bond donors (Lipinski definition) is 0. The predicted molar refractivity (Wildman–Crippen MR) is 43.9 cm³/mol. The van der Waals surface area contributed by atoms with Crippen molar-refractivity contribution in [2.75, 3.05) is 6.54 Å². The van der Waals surface area contributed by atoms with Gasteiger partial charge in [0.1, 0.15) is 0 Å². The van der Waals surface area contributed by atoms with Crippen molar-refractivity contribution in [3.8, 4) is 0 Å². The highest BCUT2D eigenvalue weighted by molar-refractivity contribution is 5.81. The van der Waals surface area contributed by atoms with E-state index in [1.807, 2.05) is 23.2 Å². The first-order chi connectivity index (χ1) is 5.88. The molecule has 3 nitrogen and oxygen atoms in total. The fourth-order valence-corrected chi connectivity index (χ4v) is 2.28. The van der Waals surface area contributed by atoms with Gasteiger partial charge in [-0.05, 0) is 25.0 Å². The van der Waals surface area contributed by atoms with Gasteiger partial charge in [-0.3, -0.25) is 4.57 Å². The molecule has 0 spiro atoms. The van der Waals surface area contributed by atoms with E-state index in [1.54, 1.807) is 4.57 Å². The van der Waals surface area contributed by atoms with Crippen molar-refractivity contribution in [3.05, 3.63) is 24.0 Å². The van der Waals surface area contributed by atoms with Crippen LogP contribution in [0.5, 0.6) is 0 Å². The molecule has 1 unspecified atom stereocenters. The molecule has 2 aliphatic rings. The summed E-state index contributed by atoms with van der Waals surface area (Å²) in [5.41, 5.74) is 1.18. The summed E-state index contributed by atoms with van der Waals surface area (Å²) in [6, 6.07) is 4.54. The average Bonchev–Trinajstić information content (AvgIpc) is 2.72. The molecule has 1 amide bonds. The van der Waals surface area contributed by atoms with E-state index in [9.17, 15) is 4.79 Å². The van der Waals surface area contributed by atoms with Gasteiger partial charge < -0.3 is 4.90 Å². The Morgan fingerprint density at radius 1 is 1.50 bits per heavy atom. The molecule has 12 heavy (non-hydrogen) atoms. The first-order valence-electron chi connectivity index (χ1n) is 4.36. The highest BCUT2D eigenvalue weighted by Crippen LogP contribution is 2.37. The molecule has 3 rings (SSSR count). The van der Waals surface area contributed by atoms with Gasteiger partial charge in [-0.25, -0.2) is 4.79 Å². The molecular weight excluding hydrogens is 152 g/mol. The molecule has 62 valence electrons. The molecule has 1 saturated heterocycles. The standard InChI is InChI=1S/C9H10N2O/c12-9-10-5-1-3-7(10)8-4-2-6-11(8)9/h1,3,5,8H,2,4,6H2. The fourth-order valence-electron chi connectivity index (χ4n) is 2.28. The van der Waals surface area contributed by atoms with Gasteiger partial charge in [-0.1, -0.05) is 0 Å². The van der Waals surface area contributed by atoms with Crippen LogP contribution < -0.4 is 0 Å². The van der Waals surface area contributed by atoms with Gasteiger partial charge in [0.05, 0.1) is 6.04 Å². The molecule has 1 fully saturated rings. The van der Waals surface area contributed by atoms with Crippen molar-refractivity contribution in [3.63, 3.8) is 0 Å². The second kappa shape index (κ2) is 1.91. The molecule has 3 heteroatoms. The van der Waals surface area contributed by atoms with Crippen molar-refractivity contribution in [1.29, 1.82) is 0 Å². The van der Waals surface area contributed by atoms with E-state index in [0.717, 1.165) is 19.4 Å². The number of hydrogen-bond acceptors (Lipinski definition) is 1. The summed E-state index contributed by atoms with van der Waals surface area (Å²) >= 11 is 0. The largest absolute Gasteiger partial charge is 0.328 e. The van der Waals surface area contributed by atoms with E-state index in [1.165, 1.54) is 5.69 Å². The number of aromatic nitrogens is 1. The zero-order valence-corrected chi connectivity index (χ0v) is 6.73. The van der Waals surface area contributed by atoms with Crippen molar-refractivity contribution in [1.82, 2.24) is 9.47 Å². The molecule has 0 N–H and O–H groups in total. The minimum absolute atomic E-state index is 0.164. The maximum atomic E-state index is 11.6. The van der Waals surface area contributed by atoms with Gasteiger partial charge in [0.2, 0.25) is 0 Å². The molecule has 0 bridgehead atoms. The Kier molecular flexibility index (Phi) is 1.00. The van der Waals surface area contributed by atoms with Crippen LogP contribution in [-0.2, 0) is 0 Å². The lowest BCUT2D eigenvalue weighted by atomic mass is 10.2. The molecule has 0 aromatic carbocycles. The Hall–Kier alpha value is -1.25. The Morgan fingerprint density at radius 2 is 2.42 bits per heavy atom. The molecule has 0 aliphatic carbocycles. The van der Waals surface area contributed by atoms with Crippen LogP contribution in [0.3, 0.4) is 0 Å². The van der Waals surface area contributed by atoms with Gasteiger partial charge in [-0.15, -0.1) is 0 Å². The quantitative estimate of drug-likeness (QED) is 0.569. The molecule has 1 aromatic heterocycles. The van der Waals surface area contributed by atoms with E-state index < -0.39 is 0 Å². The average molecular weight is 162 g/mol. The summed E-state index contributed by atoms with van der Waals surface area (Å²) in [4.78, 5) is 13.6. The molecule has 3 heterocycles. The summed E-state index contributed by atoms with van der Waals surface area (Å²) in [5.74, 6) is 0. The first-order valence-corrected chi connectivity index (χ1v) is 4.36. The van der Waals surface area contributed by atoms with Crippen LogP contribution in [0.4, 0.5) is 4.79 Å².